The Balaban J connectivity index is 2.09. The van der Waals surface area contributed by atoms with Crippen molar-refractivity contribution >= 4 is 20.1 Å². The van der Waals surface area contributed by atoms with Gasteiger partial charge >= 0.3 is 0 Å². The van der Waals surface area contributed by atoms with Crippen molar-refractivity contribution in [1.82, 2.24) is 9.80 Å². The topological polar surface area (TPSA) is 49.9 Å². The fourth-order valence-electron chi connectivity index (χ4n) is 2.72. The molecule has 5 nitrogen and oxygen atoms in total. The molecule has 0 unspecified atom stereocenters. The van der Waals surface area contributed by atoms with E-state index < -0.39 is 14.4 Å². The normalized spacial score (nSPS) is 27.3. The molecule has 0 aromatic carbocycles. The zero-order valence-electron chi connectivity index (χ0n) is 14.1. The van der Waals surface area contributed by atoms with Gasteiger partial charge in [-0.05, 0) is 31.0 Å². The van der Waals surface area contributed by atoms with Gasteiger partial charge in [0.1, 0.15) is 12.1 Å². The summed E-state index contributed by atoms with van der Waals surface area (Å²) in [6.45, 7) is 11.9. The minimum absolute atomic E-state index is 0.0540. The highest BCUT2D eigenvalue weighted by molar-refractivity contribution is 6.74. The second kappa shape index (κ2) is 5.39. The molecule has 0 bridgehead atoms. The molecule has 0 N–H and O–H groups in total. The maximum Gasteiger partial charge on any atom is 0.248 e. The standard InChI is InChI=1S/C15H28N2O3Si/c1-15(2,3)21(5,6)20-10-12-14(19)17-9-7-8-11(17)13(18)16(12)4/h11-12H,7-10H2,1-6H3/t11-,12-/m0/s1. The number of carbonyl (C=O) groups is 2. The second-order valence-corrected chi connectivity index (χ2v) is 12.5. The largest absolute Gasteiger partial charge is 0.414 e. The van der Waals surface area contributed by atoms with E-state index in [0.717, 1.165) is 12.8 Å². The van der Waals surface area contributed by atoms with Gasteiger partial charge in [-0.3, -0.25) is 9.59 Å². The van der Waals surface area contributed by atoms with Crippen LogP contribution in [-0.2, 0) is 14.0 Å². The average molecular weight is 312 g/mol. The molecule has 2 aliphatic rings. The van der Waals surface area contributed by atoms with Crippen LogP contribution < -0.4 is 0 Å². The van der Waals surface area contributed by atoms with E-state index in [-0.39, 0.29) is 22.9 Å². The molecule has 0 saturated carbocycles. The minimum Gasteiger partial charge on any atom is -0.414 e. The van der Waals surface area contributed by atoms with Crippen LogP contribution in [-0.4, -0.2) is 62.2 Å². The van der Waals surface area contributed by atoms with E-state index in [1.54, 1.807) is 16.8 Å². The van der Waals surface area contributed by atoms with E-state index in [9.17, 15) is 9.59 Å². The van der Waals surface area contributed by atoms with Crippen molar-refractivity contribution in [1.29, 1.82) is 0 Å². The summed E-state index contributed by atoms with van der Waals surface area (Å²) in [4.78, 5) is 28.3. The molecule has 2 amide bonds. The molecule has 6 heteroatoms. The van der Waals surface area contributed by atoms with Crippen molar-refractivity contribution in [3.63, 3.8) is 0 Å². The lowest BCUT2D eigenvalue weighted by Crippen LogP contribution is -2.63. The molecule has 120 valence electrons. The van der Waals surface area contributed by atoms with Gasteiger partial charge in [-0.15, -0.1) is 0 Å². The highest BCUT2D eigenvalue weighted by Gasteiger charge is 2.47. The Kier molecular flexibility index (Phi) is 4.23. The van der Waals surface area contributed by atoms with Crippen LogP contribution in [0.4, 0.5) is 0 Å². The predicted octanol–water partition coefficient (Wildman–Crippen LogP) is 1.84. The summed E-state index contributed by atoms with van der Waals surface area (Å²) in [6.07, 6.45) is 1.72. The molecule has 0 radical (unpaired) electrons. The van der Waals surface area contributed by atoms with E-state index in [1.165, 1.54) is 0 Å². The van der Waals surface area contributed by atoms with Crippen LogP contribution in [0.15, 0.2) is 0 Å². The first-order valence-corrected chi connectivity index (χ1v) is 10.7. The summed E-state index contributed by atoms with van der Waals surface area (Å²) in [5.41, 5.74) is 0. The zero-order chi connectivity index (χ0) is 16.0. The Hall–Kier alpha value is -0.883. The molecule has 2 aliphatic heterocycles. The van der Waals surface area contributed by atoms with Crippen molar-refractivity contribution in [2.45, 2.75) is 63.8 Å². The molecule has 2 heterocycles. The first kappa shape index (κ1) is 16.5. The molecule has 0 aromatic heterocycles. The van der Waals surface area contributed by atoms with Crippen LogP contribution >= 0.6 is 0 Å². The fraction of sp³-hybridized carbons (Fsp3) is 0.867. The van der Waals surface area contributed by atoms with E-state index in [0.29, 0.717) is 13.2 Å². The number of amides is 2. The molecular formula is C15H28N2O3Si. The van der Waals surface area contributed by atoms with E-state index in [1.807, 2.05) is 0 Å². The number of piperazine rings is 1. The lowest BCUT2D eigenvalue weighted by Gasteiger charge is -2.43. The average Bonchev–Trinajstić information content (AvgIpc) is 2.84. The number of carbonyl (C=O) groups excluding carboxylic acids is 2. The maximum absolute atomic E-state index is 12.6. The van der Waals surface area contributed by atoms with Gasteiger partial charge in [0.05, 0.1) is 6.61 Å². The van der Waals surface area contributed by atoms with Crippen LogP contribution in [0, 0.1) is 0 Å². The molecule has 2 saturated heterocycles. The van der Waals surface area contributed by atoms with Crippen molar-refractivity contribution < 1.29 is 14.0 Å². The van der Waals surface area contributed by atoms with Crippen molar-refractivity contribution in [2.24, 2.45) is 0 Å². The minimum atomic E-state index is -1.91. The van der Waals surface area contributed by atoms with Crippen molar-refractivity contribution in [2.75, 3.05) is 20.2 Å². The quantitative estimate of drug-likeness (QED) is 0.747. The Morgan fingerprint density at radius 1 is 1.24 bits per heavy atom. The van der Waals surface area contributed by atoms with Gasteiger partial charge in [0, 0.05) is 13.6 Å². The summed E-state index contributed by atoms with van der Waals surface area (Å²) in [5.74, 6) is 0.120. The number of hydrogen-bond acceptors (Lipinski definition) is 3. The summed E-state index contributed by atoms with van der Waals surface area (Å²) in [6, 6.07) is -0.687. The third-order valence-electron chi connectivity index (χ3n) is 5.33. The smallest absolute Gasteiger partial charge is 0.248 e. The Labute approximate surface area is 128 Å². The zero-order valence-corrected chi connectivity index (χ0v) is 15.1. The SMILES string of the molecule is CN1C(=O)[C@@H]2CCCN2C(=O)[C@@H]1CO[Si](C)(C)C(C)(C)C. The molecule has 21 heavy (non-hydrogen) atoms. The third kappa shape index (κ3) is 2.88. The summed E-state index contributed by atoms with van der Waals surface area (Å²) >= 11 is 0. The van der Waals surface area contributed by atoms with Gasteiger partial charge in [0.15, 0.2) is 8.32 Å². The predicted molar refractivity (Wildman–Crippen MR) is 84.4 cm³/mol. The Morgan fingerprint density at radius 3 is 2.43 bits per heavy atom. The first-order chi connectivity index (χ1) is 9.56. The van der Waals surface area contributed by atoms with E-state index >= 15 is 0 Å². The van der Waals surface area contributed by atoms with Gasteiger partial charge in [-0.2, -0.15) is 0 Å². The molecule has 2 fully saturated rings. The van der Waals surface area contributed by atoms with Crippen LogP contribution in [0.1, 0.15) is 33.6 Å². The van der Waals surface area contributed by atoms with Crippen LogP contribution in [0.3, 0.4) is 0 Å². The number of hydrogen-bond donors (Lipinski definition) is 0. The highest BCUT2D eigenvalue weighted by atomic mass is 28.4. The molecule has 0 spiro atoms. The molecule has 0 aliphatic carbocycles. The molecule has 2 atom stereocenters. The first-order valence-electron chi connectivity index (χ1n) is 7.77. The highest BCUT2D eigenvalue weighted by Crippen LogP contribution is 2.37. The summed E-state index contributed by atoms with van der Waals surface area (Å²) < 4.78 is 6.17. The summed E-state index contributed by atoms with van der Waals surface area (Å²) in [7, 11) is -0.181. The van der Waals surface area contributed by atoms with Gasteiger partial charge in [0.25, 0.3) is 0 Å². The van der Waals surface area contributed by atoms with Crippen molar-refractivity contribution in [3.05, 3.63) is 0 Å². The van der Waals surface area contributed by atoms with E-state index in [4.69, 9.17) is 4.43 Å². The number of fused-ring (bicyclic) bond motifs is 1. The maximum atomic E-state index is 12.6. The fourth-order valence-corrected chi connectivity index (χ4v) is 3.73. The Bertz CT molecular complexity index is 445. The van der Waals surface area contributed by atoms with Gasteiger partial charge in [0.2, 0.25) is 11.8 Å². The van der Waals surface area contributed by atoms with Gasteiger partial charge in [-0.1, -0.05) is 20.8 Å². The number of rotatable bonds is 3. The van der Waals surface area contributed by atoms with Crippen LogP contribution in [0.25, 0.3) is 0 Å². The molecule has 0 aromatic rings. The van der Waals surface area contributed by atoms with Gasteiger partial charge in [-0.25, -0.2) is 0 Å². The summed E-state index contributed by atoms with van der Waals surface area (Å²) in [5, 5.41) is 0.101. The number of likely N-dealkylation sites (N-methyl/N-ethyl adjacent to an activating group) is 1. The monoisotopic (exact) mass is 312 g/mol. The van der Waals surface area contributed by atoms with Crippen LogP contribution in [0.2, 0.25) is 18.1 Å². The van der Waals surface area contributed by atoms with Crippen LogP contribution in [0.5, 0.6) is 0 Å². The second-order valence-electron chi connectivity index (χ2n) is 7.73. The molecular weight excluding hydrogens is 284 g/mol. The van der Waals surface area contributed by atoms with E-state index in [2.05, 4.69) is 33.9 Å². The third-order valence-corrected chi connectivity index (χ3v) is 9.83. The lowest BCUT2D eigenvalue weighted by atomic mass is 10.1. The van der Waals surface area contributed by atoms with Gasteiger partial charge < -0.3 is 14.2 Å². The Morgan fingerprint density at radius 2 is 1.86 bits per heavy atom. The lowest BCUT2D eigenvalue weighted by molar-refractivity contribution is -0.159. The number of nitrogens with zero attached hydrogens (tertiary/aromatic N) is 2. The molecule has 2 rings (SSSR count). The van der Waals surface area contributed by atoms with Crippen molar-refractivity contribution in [3.8, 4) is 0 Å².